The Hall–Kier alpha value is -2.27. The Kier molecular flexibility index (Phi) is 4.42. The number of benzene rings is 2. The van der Waals surface area contributed by atoms with E-state index in [-0.39, 0.29) is 5.69 Å². The minimum Gasteiger partial charge on any atom is -0.367 e. The molecule has 0 unspecified atom stereocenters. The number of carbonyl (C=O) groups is 1. The zero-order valence-electron chi connectivity index (χ0n) is 10.8. The lowest BCUT2D eigenvalue weighted by Crippen LogP contribution is -2.22. The fourth-order valence-corrected chi connectivity index (χ4v) is 1.80. The lowest BCUT2D eigenvalue weighted by Gasteiger charge is -2.15. The summed E-state index contributed by atoms with van der Waals surface area (Å²) in [6.07, 6.45) is -0.815. The van der Waals surface area contributed by atoms with E-state index in [1.54, 1.807) is 24.3 Å². The van der Waals surface area contributed by atoms with Crippen molar-refractivity contribution >= 4 is 11.6 Å². The first-order valence-electron chi connectivity index (χ1n) is 5.95. The Balaban J connectivity index is 2.15. The summed E-state index contributed by atoms with van der Waals surface area (Å²) in [6, 6.07) is 12.0. The third-order valence-electron chi connectivity index (χ3n) is 2.76. The monoisotopic (exact) mass is 277 g/mol. The van der Waals surface area contributed by atoms with Gasteiger partial charge in [0.15, 0.2) is 17.7 Å². The summed E-state index contributed by atoms with van der Waals surface area (Å²) < 4.78 is 31.0. The SMILES string of the molecule is CO[C@H](C(=O)Nc1ccc(F)c(F)c1)c1ccccc1. The summed E-state index contributed by atoms with van der Waals surface area (Å²) in [5.74, 6) is -2.43. The molecule has 3 nitrogen and oxygen atoms in total. The first-order valence-corrected chi connectivity index (χ1v) is 5.95. The Morgan fingerprint density at radius 2 is 1.80 bits per heavy atom. The van der Waals surface area contributed by atoms with Crippen LogP contribution in [0, 0.1) is 11.6 Å². The summed E-state index contributed by atoms with van der Waals surface area (Å²) >= 11 is 0. The molecular weight excluding hydrogens is 264 g/mol. The number of hydrogen-bond acceptors (Lipinski definition) is 2. The standard InChI is InChI=1S/C15H13F2NO2/c1-20-14(10-5-3-2-4-6-10)15(19)18-11-7-8-12(16)13(17)9-11/h2-9,14H,1H3,(H,18,19)/t14-/m0/s1. The van der Waals surface area contributed by atoms with Crippen LogP contribution in [0.5, 0.6) is 0 Å². The lowest BCUT2D eigenvalue weighted by molar-refractivity contribution is -0.126. The molecule has 0 aliphatic carbocycles. The van der Waals surface area contributed by atoms with Crippen molar-refractivity contribution < 1.29 is 18.3 Å². The number of hydrogen-bond donors (Lipinski definition) is 1. The van der Waals surface area contributed by atoms with Crippen molar-refractivity contribution in [1.29, 1.82) is 0 Å². The highest BCUT2D eigenvalue weighted by atomic mass is 19.2. The molecule has 0 aliphatic heterocycles. The third-order valence-corrected chi connectivity index (χ3v) is 2.76. The zero-order valence-corrected chi connectivity index (χ0v) is 10.8. The van der Waals surface area contributed by atoms with E-state index < -0.39 is 23.6 Å². The van der Waals surface area contributed by atoms with Gasteiger partial charge in [-0.15, -0.1) is 0 Å². The Morgan fingerprint density at radius 3 is 2.40 bits per heavy atom. The van der Waals surface area contributed by atoms with Gasteiger partial charge in [-0.25, -0.2) is 8.78 Å². The van der Waals surface area contributed by atoms with Crippen LogP contribution in [-0.4, -0.2) is 13.0 Å². The van der Waals surface area contributed by atoms with Gasteiger partial charge in [-0.1, -0.05) is 30.3 Å². The number of methoxy groups -OCH3 is 1. The fraction of sp³-hybridized carbons (Fsp3) is 0.133. The quantitative estimate of drug-likeness (QED) is 0.931. The molecule has 0 saturated carbocycles. The van der Waals surface area contributed by atoms with E-state index in [1.165, 1.54) is 13.2 Å². The molecule has 0 spiro atoms. The molecule has 0 heterocycles. The molecule has 2 aromatic carbocycles. The van der Waals surface area contributed by atoms with Crippen molar-refractivity contribution in [1.82, 2.24) is 0 Å². The first-order chi connectivity index (χ1) is 9.61. The second-order valence-electron chi connectivity index (χ2n) is 4.14. The van der Waals surface area contributed by atoms with Crippen molar-refractivity contribution in [2.24, 2.45) is 0 Å². The maximum Gasteiger partial charge on any atom is 0.258 e. The number of carbonyl (C=O) groups excluding carboxylic acids is 1. The van der Waals surface area contributed by atoms with Crippen LogP contribution in [0.15, 0.2) is 48.5 Å². The molecule has 20 heavy (non-hydrogen) atoms. The van der Waals surface area contributed by atoms with Crippen molar-refractivity contribution in [3.8, 4) is 0 Å². The van der Waals surface area contributed by atoms with Crippen LogP contribution < -0.4 is 5.32 Å². The first kappa shape index (κ1) is 14.1. The lowest BCUT2D eigenvalue weighted by atomic mass is 10.1. The van der Waals surface area contributed by atoms with Crippen LogP contribution in [0.2, 0.25) is 0 Å². The van der Waals surface area contributed by atoms with E-state index in [2.05, 4.69) is 5.32 Å². The maximum absolute atomic E-state index is 13.1. The molecule has 5 heteroatoms. The molecule has 2 aromatic rings. The molecule has 104 valence electrons. The van der Waals surface area contributed by atoms with Crippen molar-refractivity contribution in [3.63, 3.8) is 0 Å². The van der Waals surface area contributed by atoms with Crippen LogP contribution in [-0.2, 0) is 9.53 Å². The average molecular weight is 277 g/mol. The maximum atomic E-state index is 13.1. The van der Waals surface area contributed by atoms with Crippen LogP contribution in [0.4, 0.5) is 14.5 Å². The normalized spacial score (nSPS) is 11.9. The number of nitrogens with one attached hydrogen (secondary N) is 1. The molecule has 0 aliphatic rings. The number of ether oxygens (including phenoxy) is 1. The highest BCUT2D eigenvalue weighted by Gasteiger charge is 2.20. The Bertz CT molecular complexity index is 602. The van der Waals surface area contributed by atoms with Crippen LogP contribution >= 0.6 is 0 Å². The van der Waals surface area contributed by atoms with Gasteiger partial charge >= 0.3 is 0 Å². The molecule has 0 bridgehead atoms. The van der Waals surface area contributed by atoms with Crippen LogP contribution in [0.1, 0.15) is 11.7 Å². The number of amides is 1. The van der Waals surface area contributed by atoms with Gasteiger partial charge in [-0.2, -0.15) is 0 Å². The van der Waals surface area contributed by atoms with E-state index in [0.717, 1.165) is 12.1 Å². The van der Waals surface area contributed by atoms with Gasteiger partial charge in [0.05, 0.1) is 0 Å². The summed E-state index contributed by atoms with van der Waals surface area (Å²) in [7, 11) is 1.41. The summed E-state index contributed by atoms with van der Waals surface area (Å²) in [6.45, 7) is 0. The molecule has 0 saturated heterocycles. The minimum absolute atomic E-state index is 0.173. The largest absolute Gasteiger partial charge is 0.367 e. The van der Waals surface area contributed by atoms with Crippen molar-refractivity contribution in [2.75, 3.05) is 12.4 Å². The van der Waals surface area contributed by atoms with E-state index in [0.29, 0.717) is 5.56 Å². The van der Waals surface area contributed by atoms with E-state index in [4.69, 9.17) is 4.74 Å². The predicted octanol–water partition coefficient (Wildman–Crippen LogP) is 3.29. The molecule has 0 fully saturated rings. The summed E-state index contributed by atoms with van der Waals surface area (Å²) in [5.41, 5.74) is 0.849. The van der Waals surface area contributed by atoms with Gasteiger partial charge in [0, 0.05) is 18.9 Å². The molecule has 1 atom stereocenters. The Labute approximate surface area is 115 Å². The number of anilines is 1. The van der Waals surface area contributed by atoms with Crippen molar-refractivity contribution in [2.45, 2.75) is 6.10 Å². The number of halogens is 2. The number of rotatable bonds is 4. The third kappa shape index (κ3) is 3.19. The molecule has 0 radical (unpaired) electrons. The second kappa shape index (κ2) is 6.25. The van der Waals surface area contributed by atoms with Gasteiger partial charge in [0.1, 0.15) is 0 Å². The van der Waals surface area contributed by atoms with Gasteiger partial charge < -0.3 is 10.1 Å². The average Bonchev–Trinajstić information content (AvgIpc) is 2.45. The van der Waals surface area contributed by atoms with Gasteiger partial charge in [-0.3, -0.25) is 4.79 Å². The smallest absolute Gasteiger partial charge is 0.258 e. The zero-order chi connectivity index (χ0) is 14.5. The highest BCUT2D eigenvalue weighted by Crippen LogP contribution is 2.20. The molecule has 0 aromatic heterocycles. The van der Waals surface area contributed by atoms with Gasteiger partial charge in [0.25, 0.3) is 5.91 Å². The Morgan fingerprint density at radius 1 is 1.10 bits per heavy atom. The van der Waals surface area contributed by atoms with Gasteiger partial charge in [0.2, 0.25) is 0 Å². The van der Waals surface area contributed by atoms with Crippen LogP contribution in [0.3, 0.4) is 0 Å². The predicted molar refractivity (Wildman–Crippen MR) is 71.2 cm³/mol. The van der Waals surface area contributed by atoms with Crippen molar-refractivity contribution in [3.05, 3.63) is 65.7 Å². The second-order valence-corrected chi connectivity index (χ2v) is 4.14. The summed E-state index contributed by atoms with van der Waals surface area (Å²) in [5, 5.41) is 2.49. The minimum atomic E-state index is -1.02. The molecule has 1 N–H and O–H groups in total. The van der Waals surface area contributed by atoms with Gasteiger partial charge in [-0.05, 0) is 17.7 Å². The summed E-state index contributed by atoms with van der Waals surface area (Å²) in [4.78, 5) is 12.1. The highest BCUT2D eigenvalue weighted by molar-refractivity contribution is 5.94. The molecule has 2 rings (SSSR count). The van der Waals surface area contributed by atoms with E-state index in [1.807, 2.05) is 6.07 Å². The molecular formula is C15H13F2NO2. The van der Waals surface area contributed by atoms with E-state index >= 15 is 0 Å². The molecule has 1 amide bonds. The van der Waals surface area contributed by atoms with E-state index in [9.17, 15) is 13.6 Å². The van der Waals surface area contributed by atoms with Crippen LogP contribution in [0.25, 0.3) is 0 Å². The fourth-order valence-electron chi connectivity index (χ4n) is 1.80. The topological polar surface area (TPSA) is 38.3 Å².